The van der Waals surface area contributed by atoms with Crippen LogP contribution in [0.5, 0.6) is 11.5 Å². The number of urea groups is 1. The monoisotopic (exact) mass is 455 g/mol. The van der Waals surface area contributed by atoms with E-state index in [-0.39, 0.29) is 12.6 Å². The minimum Gasteiger partial charge on any atom is -0.493 e. The second kappa shape index (κ2) is 9.91. The number of carbonyl (C=O) groups is 1. The molecule has 2 amide bonds. The lowest BCUT2D eigenvalue weighted by molar-refractivity contribution is 0.256. The number of hydrogen-bond donors (Lipinski definition) is 1. The second-order valence-electron chi connectivity index (χ2n) is 7.59. The van der Waals surface area contributed by atoms with Gasteiger partial charge in [0.05, 0.1) is 20.8 Å². The number of amides is 2. The van der Waals surface area contributed by atoms with E-state index in [9.17, 15) is 4.79 Å². The van der Waals surface area contributed by atoms with Crippen LogP contribution in [0.25, 0.3) is 0 Å². The molecular formula is C23H26ClN5O3. The summed E-state index contributed by atoms with van der Waals surface area (Å²) in [6.45, 7) is 1.08. The third-order valence-electron chi connectivity index (χ3n) is 5.46. The number of nitrogens with zero attached hydrogens (tertiary/aromatic N) is 4. The molecule has 9 heteroatoms. The van der Waals surface area contributed by atoms with Crippen molar-refractivity contribution in [2.45, 2.75) is 38.8 Å². The van der Waals surface area contributed by atoms with E-state index < -0.39 is 0 Å². The van der Waals surface area contributed by atoms with E-state index in [1.54, 1.807) is 43.4 Å². The molecule has 0 bridgehead atoms. The molecule has 3 aromatic rings. The number of aromatic nitrogens is 3. The summed E-state index contributed by atoms with van der Waals surface area (Å²) in [7, 11) is 3.18. The van der Waals surface area contributed by atoms with Crippen molar-refractivity contribution < 1.29 is 14.3 Å². The number of aryl methyl sites for hydroxylation is 1. The first-order chi connectivity index (χ1) is 15.6. The highest BCUT2D eigenvalue weighted by atomic mass is 35.5. The van der Waals surface area contributed by atoms with Gasteiger partial charge in [0.15, 0.2) is 11.5 Å². The number of hydrogen-bond acceptors (Lipinski definition) is 5. The number of benzene rings is 2. The molecule has 1 aliphatic heterocycles. The Labute approximate surface area is 192 Å². The fourth-order valence-corrected chi connectivity index (χ4v) is 3.91. The average molecular weight is 456 g/mol. The molecule has 1 N–H and O–H groups in total. The Balaban J connectivity index is 1.67. The van der Waals surface area contributed by atoms with Gasteiger partial charge in [-0.25, -0.2) is 4.79 Å². The van der Waals surface area contributed by atoms with Gasteiger partial charge in [-0.1, -0.05) is 24.1 Å². The Morgan fingerprint density at radius 2 is 1.84 bits per heavy atom. The minimum absolute atomic E-state index is 0.290. The van der Waals surface area contributed by atoms with Crippen LogP contribution < -0.4 is 19.7 Å². The highest BCUT2D eigenvalue weighted by Crippen LogP contribution is 2.29. The van der Waals surface area contributed by atoms with Crippen molar-refractivity contribution in [3.8, 4) is 11.5 Å². The summed E-state index contributed by atoms with van der Waals surface area (Å²) < 4.78 is 12.8. The third kappa shape index (κ3) is 4.80. The number of methoxy groups -OCH3 is 2. The maximum Gasteiger partial charge on any atom is 0.329 e. The van der Waals surface area contributed by atoms with Gasteiger partial charge in [-0.05, 0) is 54.8 Å². The predicted molar refractivity (Wildman–Crippen MR) is 124 cm³/mol. The van der Waals surface area contributed by atoms with Gasteiger partial charge in [0, 0.05) is 23.7 Å². The Morgan fingerprint density at radius 3 is 2.59 bits per heavy atom. The Bertz CT molecular complexity index is 1080. The van der Waals surface area contributed by atoms with Crippen molar-refractivity contribution in [1.29, 1.82) is 0 Å². The van der Waals surface area contributed by atoms with Gasteiger partial charge in [-0.15, -0.1) is 10.2 Å². The lowest BCUT2D eigenvalue weighted by Crippen LogP contribution is -2.36. The van der Waals surface area contributed by atoms with E-state index in [1.807, 2.05) is 18.2 Å². The highest BCUT2D eigenvalue weighted by Gasteiger charge is 2.25. The van der Waals surface area contributed by atoms with Crippen LogP contribution in [0.1, 0.15) is 30.7 Å². The molecule has 0 radical (unpaired) electrons. The number of rotatable bonds is 6. The summed E-state index contributed by atoms with van der Waals surface area (Å²) in [5.41, 5.74) is 1.52. The second-order valence-corrected chi connectivity index (χ2v) is 8.03. The van der Waals surface area contributed by atoms with Crippen molar-refractivity contribution in [2.75, 3.05) is 24.4 Å². The third-order valence-corrected chi connectivity index (χ3v) is 5.71. The van der Waals surface area contributed by atoms with Crippen LogP contribution in [-0.2, 0) is 19.5 Å². The maximum atomic E-state index is 13.4. The summed E-state index contributed by atoms with van der Waals surface area (Å²) >= 11 is 5.98. The predicted octanol–water partition coefficient (Wildman–Crippen LogP) is 4.91. The van der Waals surface area contributed by atoms with Crippen molar-refractivity contribution in [2.24, 2.45) is 0 Å². The van der Waals surface area contributed by atoms with Crippen LogP contribution in [0.4, 0.5) is 16.4 Å². The van der Waals surface area contributed by atoms with Crippen molar-refractivity contribution in [3.63, 3.8) is 0 Å². The first-order valence-electron chi connectivity index (χ1n) is 10.6. The molecule has 0 saturated carbocycles. The topological polar surface area (TPSA) is 81.5 Å². The van der Waals surface area contributed by atoms with Gasteiger partial charge in [0.25, 0.3) is 0 Å². The maximum absolute atomic E-state index is 13.4. The molecule has 0 saturated heterocycles. The van der Waals surface area contributed by atoms with Gasteiger partial charge < -0.3 is 14.8 Å². The number of ether oxygens (including phenoxy) is 2. The summed E-state index contributed by atoms with van der Waals surface area (Å²) in [4.78, 5) is 15.0. The molecule has 2 aromatic carbocycles. The van der Waals surface area contributed by atoms with Crippen molar-refractivity contribution >= 4 is 29.3 Å². The number of halogens is 1. The van der Waals surface area contributed by atoms with Crippen LogP contribution in [0.2, 0.25) is 5.02 Å². The van der Waals surface area contributed by atoms with Gasteiger partial charge in [0.2, 0.25) is 5.95 Å². The molecule has 4 rings (SSSR count). The largest absolute Gasteiger partial charge is 0.493 e. The normalized spacial score (nSPS) is 13.1. The van der Waals surface area contributed by atoms with E-state index in [2.05, 4.69) is 20.1 Å². The number of fused-ring (bicyclic) bond motifs is 1. The van der Waals surface area contributed by atoms with Crippen molar-refractivity contribution in [1.82, 2.24) is 14.8 Å². The van der Waals surface area contributed by atoms with Gasteiger partial charge >= 0.3 is 6.03 Å². The molecule has 0 spiro atoms. The molecule has 1 aromatic heterocycles. The average Bonchev–Trinajstić information content (AvgIpc) is 3.05. The summed E-state index contributed by atoms with van der Waals surface area (Å²) in [6.07, 6.45) is 4.09. The zero-order valence-electron chi connectivity index (χ0n) is 18.2. The van der Waals surface area contributed by atoms with Crippen LogP contribution in [-0.4, -0.2) is 35.0 Å². The smallest absolute Gasteiger partial charge is 0.329 e. The Kier molecular flexibility index (Phi) is 6.80. The number of carbonyl (C=O) groups excluding carboxylic acids is 1. The Hall–Kier alpha value is -3.26. The standard InChI is InChI=1S/C23H26ClN5O3/c1-31-19-12-7-16(14-20(19)32-2)15-29(23(30)25-18-10-8-17(24)9-11-18)22-27-26-21-6-4-3-5-13-28(21)22/h7-12,14H,3-6,13,15H2,1-2H3,(H,25,30). The molecule has 168 valence electrons. The zero-order valence-corrected chi connectivity index (χ0v) is 18.9. The fourth-order valence-electron chi connectivity index (χ4n) is 3.79. The molecule has 0 unspecified atom stereocenters. The minimum atomic E-state index is -0.304. The highest BCUT2D eigenvalue weighted by molar-refractivity contribution is 6.30. The van der Waals surface area contributed by atoms with Gasteiger partial charge in [-0.2, -0.15) is 0 Å². The van der Waals surface area contributed by atoms with Crippen LogP contribution in [0, 0.1) is 0 Å². The summed E-state index contributed by atoms with van der Waals surface area (Å²) in [5.74, 6) is 2.67. The number of nitrogens with one attached hydrogen (secondary N) is 1. The lowest BCUT2D eigenvalue weighted by atomic mass is 10.2. The van der Waals surface area contributed by atoms with Crippen molar-refractivity contribution in [3.05, 3.63) is 58.9 Å². The molecule has 0 fully saturated rings. The lowest BCUT2D eigenvalue weighted by Gasteiger charge is -2.23. The van der Waals surface area contributed by atoms with E-state index in [0.29, 0.717) is 28.2 Å². The van der Waals surface area contributed by atoms with Crippen LogP contribution >= 0.6 is 11.6 Å². The zero-order chi connectivity index (χ0) is 22.5. The van der Waals surface area contributed by atoms with Crippen LogP contribution in [0.15, 0.2) is 42.5 Å². The summed E-state index contributed by atoms with van der Waals surface area (Å²) in [6, 6.07) is 12.3. The first kappa shape index (κ1) is 22.0. The molecule has 0 atom stereocenters. The SMILES string of the molecule is COc1ccc(CN(C(=O)Nc2ccc(Cl)cc2)c2nnc3n2CCCCC3)cc1OC. The van der Waals surface area contributed by atoms with E-state index in [1.165, 1.54) is 0 Å². The molecule has 8 nitrogen and oxygen atoms in total. The van der Waals surface area contributed by atoms with E-state index >= 15 is 0 Å². The Morgan fingerprint density at radius 1 is 1.06 bits per heavy atom. The molecular weight excluding hydrogens is 430 g/mol. The molecule has 0 aliphatic carbocycles. The number of anilines is 2. The molecule has 2 heterocycles. The first-order valence-corrected chi connectivity index (χ1v) is 10.9. The van der Waals surface area contributed by atoms with E-state index in [0.717, 1.165) is 43.6 Å². The quantitative estimate of drug-likeness (QED) is 0.570. The fraction of sp³-hybridized carbons (Fsp3) is 0.348. The molecule has 32 heavy (non-hydrogen) atoms. The van der Waals surface area contributed by atoms with Gasteiger partial charge in [-0.3, -0.25) is 9.47 Å². The summed E-state index contributed by atoms with van der Waals surface area (Å²) in [5, 5.41) is 12.3. The van der Waals surface area contributed by atoms with E-state index in [4.69, 9.17) is 21.1 Å². The van der Waals surface area contributed by atoms with Gasteiger partial charge in [0.1, 0.15) is 5.82 Å². The van der Waals surface area contributed by atoms with Crippen LogP contribution in [0.3, 0.4) is 0 Å². The molecule has 1 aliphatic rings.